The fraction of sp³-hybridized carbons (Fsp3) is 0.308. The first-order chi connectivity index (χ1) is 10.0. The van der Waals surface area contributed by atoms with Crippen LogP contribution in [0.25, 0.3) is 0 Å². The molecule has 8 nitrogen and oxygen atoms in total. The van der Waals surface area contributed by atoms with Crippen LogP contribution in [-0.2, 0) is 18.3 Å². The van der Waals surface area contributed by atoms with Crippen LogP contribution in [0.2, 0.25) is 0 Å². The van der Waals surface area contributed by atoms with Gasteiger partial charge in [0.1, 0.15) is 11.5 Å². The molecule has 2 N–H and O–H groups in total. The number of carbonyl (C=O) groups is 2. The highest BCUT2D eigenvalue weighted by Gasteiger charge is 2.14. The number of amides is 1. The molecule has 0 unspecified atom stereocenters. The maximum absolute atomic E-state index is 11.8. The predicted molar refractivity (Wildman–Crippen MR) is 71.9 cm³/mol. The summed E-state index contributed by atoms with van der Waals surface area (Å²) in [6.07, 6.45) is 0. The van der Waals surface area contributed by atoms with E-state index < -0.39 is 11.9 Å². The highest BCUT2D eigenvalue weighted by molar-refractivity contribution is 5.92. The zero-order valence-electron chi connectivity index (χ0n) is 11.6. The van der Waals surface area contributed by atoms with Gasteiger partial charge in [-0.3, -0.25) is 19.4 Å². The van der Waals surface area contributed by atoms with Crippen LogP contribution in [0.5, 0.6) is 0 Å². The normalized spacial score (nSPS) is 10.4. The molecule has 0 bridgehead atoms. The minimum atomic E-state index is -0.553. The van der Waals surface area contributed by atoms with Gasteiger partial charge < -0.3 is 14.5 Å². The second kappa shape index (κ2) is 6.12. The van der Waals surface area contributed by atoms with Crippen LogP contribution in [0.4, 0.5) is 0 Å². The van der Waals surface area contributed by atoms with E-state index >= 15 is 0 Å². The lowest BCUT2D eigenvalue weighted by atomic mass is 10.4. The van der Waals surface area contributed by atoms with E-state index in [0.29, 0.717) is 5.76 Å². The van der Waals surface area contributed by atoms with Crippen LogP contribution in [0.3, 0.4) is 0 Å². The number of esters is 1. The Morgan fingerprint density at radius 2 is 2.19 bits per heavy atom. The Kier molecular flexibility index (Phi) is 4.27. The topological polar surface area (TPSA) is 106 Å². The minimum absolute atomic E-state index is 0.0780. The first kappa shape index (κ1) is 14.6. The lowest BCUT2D eigenvalue weighted by Crippen LogP contribution is -2.23. The van der Waals surface area contributed by atoms with Crippen LogP contribution in [0.1, 0.15) is 33.7 Å². The van der Waals surface area contributed by atoms with E-state index in [9.17, 15) is 14.4 Å². The smallest absolute Gasteiger partial charge is 0.374 e. The summed E-state index contributed by atoms with van der Waals surface area (Å²) < 4.78 is 11.2. The predicted octanol–water partition coefficient (Wildman–Crippen LogP) is 0.413. The molecule has 21 heavy (non-hydrogen) atoms. The summed E-state index contributed by atoms with van der Waals surface area (Å²) in [4.78, 5) is 34.5. The Balaban J connectivity index is 1.95. The largest absolute Gasteiger partial charge is 0.460 e. The fourth-order valence-corrected chi connectivity index (χ4v) is 1.65. The van der Waals surface area contributed by atoms with Crippen LogP contribution < -0.4 is 10.9 Å². The Labute approximate surface area is 119 Å². The van der Waals surface area contributed by atoms with E-state index in [1.165, 1.54) is 23.9 Å². The van der Waals surface area contributed by atoms with E-state index in [4.69, 9.17) is 9.15 Å². The van der Waals surface area contributed by atoms with Crippen LogP contribution in [0.15, 0.2) is 27.4 Å². The van der Waals surface area contributed by atoms with E-state index in [1.807, 2.05) is 0 Å². The van der Waals surface area contributed by atoms with Crippen molar-refractivity contribution in [3.8, 4) is 0 Å². The molecular formula is C13H15N3O5. The van der Waals surface area contributed by atoms with Crippen molar-refractivity contribution in [3.05, 3.63) is 45.8 Å². The number of nitrogens with one attached hydrogen (secondary N) is 2. The number of aromatic amines is 1. The molecule has 2 aromatic rings. The summed E-state index contributed by atoms with van der Waals surface area (Å²) in [6.45, 7) is 2.05. The number of H-pyrrole nitrogens is 1. The van der Waals surface area contributed by atoms with Crippen LogP contribution in [-0.4, -0.2) is 28.3 Å². The number of nitrogens with zero attached hydrogens (tertiary/aromatic N) is 1. The first-order valence-electron chi connectivity index (χ1n) is 6.31. The van der Waals surface area contributed by atoms with Gasteiger partial charge in [0.25, 0.3) is 11.5 Å². The highest BCUT2D eigenvalue weighted by Crippen LogP contribution is 2.09. The molecule has 8 heteroatoms. The molecule has 112 valence electrons. The Morgan fingerprint density at radius 3 is 2.81 bits per heavy atom. The highest BCUT2D eigenvalue weighted by atomic mass is 16.5. The molecular weight excluding hydrogens is 278 g/mol. The number of hydrogen-bond acceptors (Lipinski definition) is 5. The van der Waals surface area contributed by atoms with Crippen molar-refractivity contribution in [3.63, 3.8) is 0 Å². The van der Waals surface area contributed by atoms with Crippen molar-refractivity contribution in [2.24, 2.45) is 7.05 Å². The van der Waals surface area contributed by atoms with Gasteiger partial charge in [-0.15, -0.1) is 0 Å². The van der Waals surface area contributed by atoms with Gasteiger partial charge in [0, 0.05) is 13.1 Å². The van der Waals surface area contributed by atoms with Crippen LogP contribution >= 0.6 is 0 Å². The van der Waals surface area contributed by atoms with Crippen molar-refractivity contribution in [1.29, 1.82) is 0 Å². The Morgan fingerprint density at radius 1 is 1.43 bits per heavy atom. The second-order valence-electron chi connectivity index (χ2n) is 4.24. The second-order valence-corrected chi connectivity index (χ2v) is 4.24. The van der Waals surface area contributed by atoms with E-state index in [0.717, 1.165) is 0 Å². The number of rotatable bonds is 5. The molecule has 0 aromatic carbocycles. The van der Waals surface area contributed by atoms with Crippen molar-refractivity contribution < 1.29 is 18.7 Å². The molecule has 0 spiro atoms. The van der Waals surface area contributed by atoms with Crippen molar-refractivity contribution in [1.82, 2.24) is 15.1 Å². The minimum Gasteiger partial charge on any atom is -0.460 e. The average molecular weight is 293 g/mol. The quantitative estimate of drug-likeness (QED) is 0.777. The lowest BCUT2D eigenvalue weighted by Gasteiger charge is -2.01. The summed E-state index contributed by atoms with van der Waals surface area (Å²) in [7, 11) is 1.51. The average Bonchev–Trinajstić information content (AvgIpc) is 3.04. The van der Waals surface area contributed by atoms with Gasteiger partial charge in [-0.25, -0.2) is 4.79 Å². The van der Waals surface area contributed by atoms with Gasteiger partial charge >= 0.3 is 5.97 Å². The molecule has 0 aliphatic heterocycles. The zero-order chi connectivity index (χ0) is 15.4. The molecule has 0 aliphatic carbocycles. The van der Waals surface area contributed by atoms with Crippen molar-refractivity contribution in [2.45, 2.75) is 13.5 Å². The summed E-state index contributed by atoms with van der Waals surface area (Å²) in [5.41, 5.74) is -0.151. The Hall–Kier alpha value is -2.77. The number of aromatic nitrogens is 2. The van der Waals surface area contributed by atoms with Crippen molar-refractivity contribution >= 4 is 11.9 Å². The number of furan rings is 1. The van der Waals surface area contributed by atoms with E-state index in [-0.39, 0.29) is 30.2 Å². The molecule has 0 saturated heterocycles. The van der Waals surface area contributed by atoms with Gasteiger partial charge in [-0.2, -0.15) is 0 Å². The third-order valence-corrected chi connectivity index (χ3v) is 2.69. The molecule has 2 rings (SSSR count). The molecule has 1 amide bonds. The maximum atomic E-state index is 11.8. The van der Waals surface area contributed by atoms with Gasteiger partial charge in [-0.05, 0) is 19.1 Å². The monoisotopic (exact) mass is 293 g/mol. The molecule has 0 aliphatic rings. The van der Waals surface area contributed by atoms with Gasteiger partial charge in [0.05, 0.1) is 13.2 Å². The van der Waals surface area contributed by atoms with Gasteiger partial charge in [0.15, 0.2) is 0 Å². The summed E-state index contributed by atoms with van der Waals surface area (Å²) in [5, 5.41) is 5.18. The van der Waals surface area contributed by atoms with Gasteiger partial charge in [-0.1, -0.05) is 0 Å². The number of carbonyl (C=O) groups excluding carboxylic acids is 2. The van der Waals surface area contributed by atoms with E-state index in [2.05, 4.69) is 10.4 Å². The van der Waals surface area contributed by atoms with E-state index in [1.54, 1.807) is 13.0 Å². The SMILES string of the molecule is CCOC(=O)c1ccc(CNC(=O)c2cc(=O)n(C)[nH]2)o1. The fourth-order valence-electron chi connectivity index (χ4n) is 1.65. The lowest BCUT2D eigenvalue weighted by molar-refractivity contribution is 0.0488. The number of aryl methyl sites for hydroxylation is 1. The first-order valence-corrected chi connectivity index (χ1v) is 6.31. The molecule has 2 heterocycles. The molecule has 0 atom stereocenters. The third-order valence-electron chi connectivity index (χ3n) is 2.69. The standard InChI is InChI=1S/C13H15N3O5/c1-3-20-13(19)10-5-4-8(21-10)7-14-12(18)9-6-11(17)16(2)15-9/h4-6,15H,3,7H2,1-2H3,(H,14,18). The molecule has 0 fully saturated rings. The maximum Gasteiger partial charge on any atom is 0.374 e. The molecule has 0 saturated carbocycles. The van der Waals surface area contributed by atoms with Crippen LogP contribution in [0, 0.1) is 0 Å². The molecule has 2 aromatic heterocycles. The number of hydrogen-bond donors (Lipinski definition) is 2. The zero-order valence-corrected chi connectivity index (χ0v) is 11.6. The number of ether oxygens (including phenoxy) is 1. The van der Waals surface area contributed by atoms with Crippen molar-refractivity contribution in [2.75, 3.05) is 6.61 Å². The summed E-state index contributed by atoms with van der Waals surface area (Å²) >= 11 is 0. The molecule has 0 radical (unpaired) electrons. The third kappa shape index (κ3) is 3.41. The summed E-state index contributed by atoms with van der Waals surface area (Å²) in [6, 6.07) is 4.24. The summed E-state index contributed by atoms with van der Waals surface area (Å²) in [5.74, 6) is -0.511. The Bertz CT molecular complexity index is 709. The van der Waals surface area contributed by atoms with Gasteiger partial charge in [0.2, 0.25) is 5.76 Å².